The predicted molar refractivity (Wildman–Crippen MR) is 83.4 cm³/mol. The number of β-lactam (4-membered cyclic amide) rings is 1. The van der Waals surface area contributed by atoms with Crippen LogP contribution < -0.4 is 4.68 Å². The second-order valence-corrected chi connectivity index (χ2v) is 7.98. The van der Waals surface area contributed by atoms with Crippen molar-refractivity contribution in [2.75, 3.05) is 0 Å². The number of hydrogen-bond donors (Lipinski definition) is 2. The lowest BCUT2D eigenvalue weighted by Crippen LogP contribution is -2.63. The van der Waals surface area contributed by atoms with E-state index in [9.17, 15) is 19.8 Å². The van der Waals surface area contributed by atoms with Crippen LogP contribution in [0.2, 0.25) is 0 Å². The maximum absolute atomic E-state index is 12.3. The van der Waals surface area contributed by atoms with Crippen LogP contribution in [0, 0.1) is 11.8 Å². The molecule has 1 aromatic heterocycles. The normalized spacial score (nSPS) is 32.6. The fourth-order valence-corrected chi connectivity index (χ4v) is 5.49. The number of aromatic nitrogens is 3. The van der Waals surface area contributed by atoms with Gasteiger partial charge in [-0.3, -0.25) is 4.79 Å². The molecule has 0 aliphatic carbocycles. The highest BCUT2D eigenvalue weighted by molar-refractivity contribution is 8.03. The molecule has 1 aromatic rings. The molecule has 0 spiro atoms. The van der Waals surface area contributed by atoms with Crippen LogP contribution in [0.3, 0.4) is 0 Å². The van der Waals surface area contributed by atoms with Gasteiger partial charge in [0.25, 0.3) is 0 Å². The zero-order chi connectivity index (χ0) is 17.2. The summed E-state index contributed by atoms with van der Waals surface area (Å²) in [6.07, 6.45) is 2.74. The van der Waals surface area contributed by atoms with E-state index < -0.39 is 18.0 Å². The zero-order valence-corrected chi connectivity index (χ0v) is 14.2. The Bertz CT molecular complexity index is 738. The van der Waals surface area contributed by atoms with Gasteiger partial charge in [-0.2, -0.15) is 9.36 Å². The number of carboxylic acid groups (broad SMARTS) is 1. The third-order valence-electron chi connectivity index (χ3n) is 5.12. The molecule has 8 nitrogen and oxygen atoms in total. The number of thioether (sulfide) groups is 1. The van der Waals surface area contributed by atoms with E-state index in [1.807, 2.05) is 16.3 Å². The molecular weight excluding hydrogens is 332 g/mol. The maximum atomic E-state index is 12.3. The van der Waals surface area contributed by atoms with Gasteiger partial charge in [-0.05, 0) is 11.9 Å². The fraction of sp³-hybridized carbons (Fsp3) is 0.600. The number of amides is 1. The van der Waals surface area contributed by atoms with E-state index in [0.29, 0.717) is 0 Å². The van der Waals surface area contributed by atoms with Crippen LogP contribution in [0.5, 0.6) is 0 Å². The minimum atomic E-state index is -1.07. The van der Waals surface area contributed by atoms with Crippen molar-refractivity contribution >= 4 is 23.6 Å². The molecule has 0 aromatic carbocycles. The van der Waals surface area contributed by atoms with Crippen LogP contribution in [0.4, 0.5) is 0 Å². The minimum Gasteiger partial charge on any atom is -0.477 e. The summed E-state index contributed by atoms with van der Waals surface area (Å²) >= 11 is 1.54. The molecule has 2 N–H and O–H groups in total. The second kappa shape index (κ2) is 5.32. The number of carbonyl (C=O) groups is 2. The van der Waals surface area contributed by atoms with Gasteiger partial charge in [-0.15, -0.1) is 11.8 Å². The van der Waals surface area contributed by atoms with Crippen molar-refractivity contribution in [2.24, 2.45) is 11.8 Å². The van der Waals surface area contributed by atoms with E-state index in [-0.39, 0.29) is 28.8 Å². The van der Waals surface area contributed by atoms with Crippen molar-refractivity contribution in [3.8, 4) is 0 Å². The Morgan fingerprint density at radius 3 is 2.92 bits per heavy atom. The van der Waals surface area contributed by atoms with E-state index >= 15 is 0 Å². The summed E-state index contributed by atoms with van der Waals surface area (Å²) in [5.74, 6) is -1.95. The average Bonchev–Trinajstić information content (AvgIpc) is 3.12. The quantitative estimate of drug-likeness (QED) is 0.557. The van der Waals surface area contributed by atoms with Gasteiger partial charge in [0, 0.05) is 10.8 Å². The van der Waals surface area contributed by atoms with Gasteiger partial charge in [-0.1, -0.05) is 6.92 Å². The largest absolute Gasteiger partial charge is 0.477 e. The van der Waals surface area contributed by atoms with Crippen molar-refractivity contribution in [3.05, 3.63) is 23.3 Å². The van der Waals surface area contributed by atoms with Crippen molar-refractivity contribution in [3.63, 3.8) is 0 Å². The third kappa shape index (κ3) is 2.04. The number of aliphatic carboxylic acids is 1. The number of aliphatic hydroxyl groups is 1. The highest BCUT2D eigenvalue weighted by Crippen LogP contribution is 2.51. The lowest BCUT2D eigenvalue weighted by molar-refractivity contribution is -0.758. The van der Waals surface area contributed by atoms with E-state index in [2.05, 4.69) is 4.98 Å². The van der Waals surface area contributed by atoms with E-state index in [0.717, 1.165) is 18.0 Å². The Balaban J connectivity index is 1.61. The summed E-state index contributed by atoms with van der Waals surface area (Å²) in [5.41, 5.74) is 0.0964. The summed E-state index contributed by atoms with van der Waals surface area (Å²) in [6.45, 7) is 5.05. The summed E-state index contributed by atoms with van der Waals surface area (Å²) < 4.78 is 3.99. The Morgan fingerprint density at radius 2 is 2.29 bits per heavy atom. The summed E-state index contributed by atoms with van der Waals surface area (Å²) in [6, 6.07) is -0.249. The molecule has 1 fully saturated rings. The molecular formula is C15H19N4O4S+. The van der Waals surface area contributed by atoms with Crippen LogP contribution in [0.15, 0.2) is 23.3 Å². The SMILES string of the molecule is CC(O)[C@H]1C(=O)N2C(C(=O)O)=C(SC3Cn4cnc[n+]4C3)C(C)[C@H]12. The second-order valence-electron chi connectivity index (χ2n) is 6.64. The minimum absolute atomic E-state index is 0.0820. The van der Waals surface area contributed by atoms with Crippen LogP contribution in [0.25, 0.3) is 0 Å². The maximum Gasteiger partial charge on any atom is 0.353 e. The molecule has 4 atom stereocenters. The number of carboxylic acids is 1. The molecule has 4 heterocycles. The molecule has 3 aliphatic heterocycles. The van der Waals surface area contributed by atoms with Gasteiger partial charge in [-0.25, -0.2) is 4.79 Å². The van der Waals surface area contributed by atoms with Crippen LogP contribution in [-0.2, 0) is 22.7 Å². The molecule has 0 radical (unpaired) electrons. The Hall–Kier alpha value is -1.87. The van der Waals surface area contributed by atoms with Gasteiger partial charge in [0.15, 0.2) is 0 Å². The van der Waals surface area contributed by atoms with Crippen molar-refractivity contribution in [1.29, 1.82) is 0 Å². The van der Waals surface area contributed by atoms with Gasteiger partial charge in [0.05, 0.1) is 29.9 Å². The zero-order valence-electron chi connectivity index (χ0n) is 13.4. The number of aliphatic hydroxyl groups excluding tert-OH is 1. The van der Waals surface area contributed by atoms with Crippen LogP contribution in [0.1, 0.15) is 13.8 Å². The Morgan fingerprint density at radius 1 is 1.54 bits per heavy atom. The third-order valence-corrected chi connectivity index (χ3v) is 6.57. The summed E-state index contributed by atoms with van der Waals surface area (Å²) in [5, 5.41) is 19.7. The van der Waals surface area contributed by atoms with E-state index in [1.165, 1.54) is 16.7 Å². The number of rotatable bonds is 4. The molecule has 0 saturated carbocycles. The van der Waals surface area contributed by atoms with Gasteiger partial charge in [0.1, 0.15) is 12.2 Å². The molecule has 24 heavy (non-hydrogen) atoms. The molecule has 3 aliphatic rings. The Kier molecular flexibility index (Phi) is 3.47. The number of nitrogens with zero attached hydrogens (tertiary/aromatic N) is 4. The number of carbonyl (C=O) groups excluding carboxylic acids is 1. The summed E-state index contributed by atoms with van der Waals surface area (Å²) in [4.78, 5) is 30.3. The van der Waals surface area contributed by atoms with Gasteiger partial charge in [0.2, 0.25) is 12.2 Å². The Labute approximate surface area is 142 Å². The average molecular weight is 351 g/mol. The standard InChI is InChI=1S/C15H18N4O4S/c1-7-11-10(8(2)20)14(21)19(11)12(15(22)23)13(7)24-9-3-17-5-16-6-18(17)4-9/h5-11,20H,3-4H2,1-2H3/p+1/t7?,8?,10-,11-/m1/s1. The first-order valence-electron chi connectivity index (χ1n) is 7.95. The highest BCUT2D eigenvalue weighted by atomic mass is 32.2. The lowest BCUT2D eigenvalue weighted by atomic mass is 9.79. The van der Waals surface area contributed by atoms with Gasteiger partial charge >= 0.3 is 12.3 Å². The molecule has 9 heteroatoms. The molecule has 4 rings (SSSR count). The molecule has 128 valence electrons. The van der Waals surface area contributed by atoms with Crippen molar-refractivity contribution < 1.29 is 24.5 Å². The molecule has 2 unspecified atom stereocenters. The van der Waals surface area contributed by atoms with E-state index in [4.69, 9.17) is 0 Å². The lowest BCUT2D eigenvalue weighted by Gasteiger charge is -2.46. The van der Waals surface area contributed by atoms with Crippen molar-refractivity contribution in [1.82, 2.24) is 14.6 Å². The first-order valence-corrected chi connectivity index (χ1v) is 8.83. The monoisotopic (exact) mass is 351 g/mol. The molecule has 1 saturated heterocycles. The predicted octanol–water partition coefficient (Wildman–Crippen LogP) is -0.560. The molecule has 0 bridgehead atoms. The number of hydrogen-bond acceptors (Lipinski definition) is 5. The first kappa shape index (κ1) is 15.6. The van der Waals surface area contributed by atoms with E-state index in [1.54, 1.807) is 19.6 Å². The van der Waals surface area contributed by atoms with Gasteiger partial charge < -0.3 is 15.1 Å². The fourth-order valence-electron chi connectivity index (χ4n) is 4.03. The first-order chi connectivity index (χ1) is 11.4. The van der Waals surface area contributed by atoms with Crippen LogP contribution >= 0.6 is 11.8 Å². The molecule has 1 amide bonds. The summed E-state index contributed by atoms with van der Waals surface area (Å²) in [7, 11) is 0. The topological polar surface area (TPSA) is 99.5 Å². The van der Waals surface area contributed by atoms with Crippen molar-refractivity contribution in [2.45, 2.75) is 44.3 Å². The smallest absolute Gasteiger partial charge is 0.353 e. The van der Waals surface area contributed by atoms with Crippen LogP contribution in [-0.4, -0.2) is 54.1 Å². The highest BCUT2D eigenvalue weighted by Gasteiger charge is 2.60. The number of fused-ring (bicyclic) bond motifs is 2.